The van der Waals surface area contributed by atoms with Gasteiger partial charge in [-0.05, 0) is 42.6 Å². The van der Waals surface area contributed by atoms with Gasteiger partial charge in [0.2, 0.25) is 11.8 Å². The molecule has 2 amide bonds. The average Bonchev–Trinajstić information content (AvgIpc) is 2.70. The van der Waals surface area contributed by atoms with Gasteiger partial charge in [-0.2, -0.15) is 0 Å². The number of fused-ring (bicyclic) bond motifs is 1. The highest BCUT2D eigenvalue weighted by Gasteiger charge is 2.08. The lowest BCUT2D eigenvalue weighted by Crippen LogP contribution is -2.18. The third-order valence-corrected chi connectivity index (χ3v) is 4.91. The summed E-state index contributed by atoms with van der Waals surface area (Å²) in [5.41, 5.74) is 1.48. The number of hydrogen-bond acceptors (Lipinski definition) is 4. The van der Waals surface area contributed by atoms with Gasteiger partial charge < -0.3 is 15.4 Å². The minimum Gasteiger partial charge on any atom is -0.494 e. The van der Waals surface area contributed by atoms with Gasteiger partial charge in [0.25, 0.3) is 0 Å². The number of benzene rings is 3. The molecule has 0 heterocycles. The van der Waals surface area contributed by atoms with E-state index in [2.05, 4.69) is 10.6 Å². The number of anilines is 2. The van der Waals surface area contributed by atoms with Crippen LogP contribution in [0.1, 0.15) is 6.92 Å². The molecule has 28 heavy (non-hydrogen) atoms. The van der Waals surface area contributed by atoms with Crippen LogP contribution in [-0.4, -0.2) is 29.9 Å². The number of ether oxygens (including phenoxy) is 1. The summed E-state index contributed by atoms with van der Waals surface area (Å²) in [7, 11) is 0. The molecule has 6 heteroatoms. The quantitative estimate of drug-likeness (QED) is 0.588. The lowest BCUT2D eigenvalue weighted by Gasteiger charge is -2.09. The average molecular weight is 394 g/mol. The highest BCUT2D eigenvalue weighted by molar-refractivity contribution is 8.00. The lowest BCUT2D eigenvalue weighted by molar-refractivity contribution is -0.114. The van der Waals surface area contributed by atoms with E-state index in [-0.39, 0.29) is 23.3 Å². The van der Waals surface area contributed by atoms with E-state index in [1.165, 1.54) is 11.8 Å². The summed E-state index contributed by atoms with van der Waals surface area (Å²) in [6.45, 7) is 2.52. The fourth-order valence-corrected chi connectivity index (χ4v) is 3.37. The van der Waals surface area contributed by atoms with Crippen molar-refractivity contribution < 1.29 is 14.3 Å². The first-order chi connectivity index (χ1) is 13.7. The molecule has 0 radical (unpaired) electrons. The Bertz CT molecular complexity index is 952. The van der Waals surface area contributed by atoms with Gasteiger partial charge >= 0.3 is 0 Å². The molecule has 0 saturated carbocycles. The molecular weight excluding hydrogens is 372 g/mol. The Hall–Kier alpha value is -2.99. The van der Waals surface area contributed by atoms with Crippen molar-refractivity contribution in [3.05, 3.63) is 66.7 Å². The first-order valence-corrected chi connectivity index (χ1v) is 10.2. The SMILES string of the molecule is CCOc1ccc(NC(=O)CSCC(=O)Nc2cccc3ccccc23)cc1. The van der Waals surface area contributed by atoms with Crippen LogP contribution in [0.3, 0.4) is 0 Å². The minimum atomic E-state index is -0.146. The molecule has 0 saturated heterocycles. The normalized spacial score (nSPS) is 10.5. The summed E-state index contributed by atoms with van der Waals surface area (Å²) in [6, 6.07) is 20.9. The first kappa shape index (κ1) is 19.8. The predicted molar refractivity (Wildman–Crippen MR) is 116 cm³/mol. The van der Waals surface area contributed by atoms with Crippen LogP contribution in [0.25, 0.3) is 10.8 Å². The van der Waals surface area contributed by atoms with Gasteiger partial charge in [-0.25, -0.2) is 0 Å². The smallest absolute Gasteiger partial charge is 0.234 e. The van der Waals surface area contributed by atoms with Gasteiger partial charge in [-0.3, -0.25) is 9.59 Å². The van der Waals surface area contributed by atoms with Gasteiger partial charge in [0, 0.05) is 16.8 Å². The molecule has 2 N–H and O–H groups in total. The molecular formula is C22H22N2O3S. The van der Waals surface area contributed by atoms with Crippen molar-refractivity contribution in [2.75, 3.05) is 28.7 Å². The summed E-state index contributed by atoms with van der Waals surface area (Å²) >= 11 is 1.28. The maximum Gasteiger partial charge on any atom is 0.234 e. The zero-order valence-corrected chi connectivity index (χ0v) is 16.4. The number of hydrogen-bond donors (Lipinski definition) is 2. The predicted octanol–water partition coefficient (Wildman–Crippen LogP) is 4.55. The molecule has 0 aromatic heterocycles. The monoisotopic (exact) mass is 394 g/mol. The van der Waals surface area contributed by atoms with E-state index in [0.717, 1.165) is 22.2 Å². The van der Waals surface area contributed by atoms with E-state index < -0.39 is 0 Å². The van der Waals surface area contributed by atoms with E-state index in [4.69, 9.17) is 4.74 Å². The molecule has 5 nitrogen and oxygen atoms in total. The minimum absolute atomic E-state index is 0.129. The Labute approximate surface area is 168 Å². The van der Waals surface area contributed by atoms with Crippen molar-refractivity contribution in [1.29, 1.82) is 0 Å². The number of thioether (sulfide) groups is 1. The third-order valence-electron chi connectivity index (χ3n) is 3.98. The number of carbonyl (C=O) groups is 2. The summed E-state index contributed by atoms with van der Waals surface area (Å²) in [4.78, 5) is 24.3. The van der Waals surface area contributed by atoms with Crippen LogP contribution in [0.5, 0.6) is 5.75 Å². The van der Waals surface area contributed by atoms with Crippen LogP contribution in [0.2, 0.25) is 0 Å². The van der Waals surface area contributed by atoms with Crippen LogP contribution in [0.4, 0.5) is 11.4 Å². The molecule has 3 aromatic rings. The van der Waals surface area contributed by atoms with E-state index in [0.29, 0.717) is 12.3 Å². The number of rotatable bonds is 8. The van der Waals surface area contributed by atoms with Gasteiger partial charge in [0.15, 0.2) is 0 Å². The zero-order valence-electron chi connectivity index (χ0n) is 15.6. The van der Waals surface area contributed by atoms with Crippen molar-refractivity contribution in [2.24, 2.45) is 0 Å². The zero-order chi connectivity index (χ0) is 19.8. The Morgan fingerprint density at radius 2 is 1.54 bits per heavy atom. The first-order valence-electron chi connectivity index (χ1n) is 9.04. The molecule has 0 aliphatic rings. The molecule has 0 fully saturated rings. The highest BCUT2D eigenvalue weighted by atomic mass is 32.2. The van der Waals surface area contributed by atoms with Crippen molar-refractivity contribution in [1.82, 2.24) is 0 Å². The molecule has 0 bridgehead atoms. The Balaban J connectivity index is 1.45. The van der Waals surface area contributed by atoms with Gasteiger partial charge in [0.05, 0.1) is 18.1 Å². The second-order valence-corrected chi connectivity index (χ2v) is 7.06. The summed E-state index contributed by atoms with van der Waals surface area (Å²) in [5, 5.41) is 7.80. The maximum atomic E-state index is 12.2. The van der Waals surface area contributed by atoms with E-state index >= 15 is 0 Å². The summed E-state index contributed by atoms with van der Waals surface area (Å²) in [5.74, 6) is 0.901. The molecule has 0 atom stereocenters. The number of nitrogens with one attached hydrogen (secondary N) is 2. The largest absolute Gasteiger partial charge is 0.494 e. The van der Waals surface area contributed by atoms with Crippen molar-refractivity contribution in [3.63, 3.8) is 0 Å². The lowest BCUT2D eigenvalue weighted by atomic mass is 10.1. The van der Waals surface area contributed by atoms with Crippen LogP contribution < -0.4 is 15.4 Å². The van der Waals surface area contributed by atoms with Crippen LogP contribution in [0, 0.1) is 0 Å². The van der Waals surface area contributed by atoms with Crippen molar-refractivity contribution >= 4 is 45.7 Å². The molecule has 0 unspecified atom stereocenters. The van der Waals surface area contributed by atoms with Gasteiger partial charge in [0.1, 0.15) is 5.75 Å². The molecule has 0 aliphatic heterocycles. The standard InChI is InChI=1S/C22H22N2O3S/c1-2-27-18-12-10-17(11-13-18)23-21(25)14-28-15-22(26)24-20-9-5-7-16-6-3-4-8-19(16)20/h3-13H,2,14-15H2,1H3,(H,23,25)(H,24,26). The summed E-state index contributed by atoms with van der Waals surface area (Å²) in [6.07, 6.45) is 0. The maximum absolute atomic E-state index is 12.2. The van der Waals surface area contributed by atoms with Crippen molar-refractivity contribution in [2.45, 2.75) is 6.92 Å². The molecule has 0 aliphatic carbocycles. The molecule has 3 rings (SSSR count). The van der Waals surface area contributed by atoms with E-state index in [1.54, 1.807) is 12.1 Å². The molecule has 0 spiro atoms. The number of amides is 2. The molecule has 144 valence electrons. The Morgan fingerprint density at radius 1 is 0.857 bits per heavy atom. The van der Waals surface area contributed by atoms with E-state index in [1.807, 2.05) is 61.5 Å². The van der Waals surface area contributed by atoms with E-state index in [9.17, 15) is 9.59 Å². The Morgan fingerprint density at radius 3 is 2.29 bits per heavy atom. The Kier molecular flexibility index (Phi) is 6.92. The molecule has 3 aromatic carbocycles. The fraction of sp³-hybridized carbons (Fsp3) is 0.182. The number of carbonyl (C=O) groups excluding carboxylic acids is 2. The van der Waals surface area contributed by atoms with Crippen molar-refractivity contribution in [3.8, 4) is 5.75 Å². The van der Waals surface area contributed by atoms with Gasteiger partial charge in [-0.1, -0.05) is 36.4 Å². The van der Waals surface area contributed by atoms with Crippen LogP contribution >= 0.6 is 11.8 Å². The second kappa shape index (κ2) is 9.80. The van der Waals surface area contributed by atoms with Gasteiger partial charge in [-0.15, -0.1) is 11.8 Å². The van der Waals surface area contributed by atoms with Crippen LogP contribution in [-0.2, 0) is 9.59 Å². The fourth-order valence-electron chi connectivity index (χ4n) is 2.76. The second-order valence-electron chi connectivity index (χ2n) is 6.07. The summed E-state index contributed by atoms with van der Waals surface area (Å²) < 4.78 is 5.37. The highest BCUT2D eigenvalue weighted by Crippen LogP contribution is 2.23. The third kappa shape index (κ3) is 5.50. The topological polar surface area (TPSA) is 67.4 Å². The van der Waals surface area contributed by atoms with Crippen LogP contribution in [0.15, 0.2) is 66.7 Å².